The van der Waals surface area contributed by atoms with E-state index in [1.807, 2.05) is 6.92 Å². The maximum absolute atomic E-state index is 11.3. The van der Waals surface area contributed by atoms with Gasteiger partial charge in [0.15, 0.2) is 0 Å². The second kappa shape index (κ2) is 18.0. The average Bonchev–Trinajstić information content (AvgIpc) is 2.54. The van der Waals surface area contributed by atoms with Crippen molar-refractivity contribution in [1.82, 2.24) is 5.32 Å². The molecule has 4 heteroatoms. The van der Waals surface area contributed by atoms with Crippen LogP contribution < -0.4 is 5.32 Å². The third-order valence-corrected chi connectivity index (χ3v) is 4.02. The van der Waals surface area contributed by atoms with Gasteiger partial charge in [-0.1, -0.05) is 51.2 Å². The summed E-state index contributed by atoms with van der Waals surface area (Å²) in [4.78, 5) is 21.6. The summed E-state index contributed by atoms with van der Waals surface area (Å²) in [5.74, 6) is -0.502. The lowest BCUT2D eigenvalue weighted by molar-refractivity contribution is -0.137. The molecule has 0 fully saturated rings. The largest absolute Gasteiger partial charge is 0.481 e. The van der Waals surface area contributed by atoms with Gasteiger partial charge in [-0.15, -0.1) is 0 Å². The highest BCUT2D eigenvalue weighted by molar-refractivity contribution is 5.75. The molecule has 2 N–H and O–H groups in total. The van der Waals surface area contributed by atoms with E-state index in [9.17, 15) is 9.59 Å². The van der Waals surface area contributed by atoms with Crippen LogP contribution in [0.1, 0.15) is 96.8 Å². The molecular weight excluding hydrogens is 302 g/mol. The first-order chi connectivity index (χ1) is 11.7. The third-order valence-electron chi connectivity index (χ3n) is 4.02. The molecule has 0 atom stereocenters. The predicted octanol–water partition coefficient (Wildman–Crippen LogP) is 5.22. The molecule has 0 spiro atoms. The van der Waals surface area contributed by atoms with Crippen LogP contribution in [0, 0.1) is 0 Å². The Hall–Kier alpha value is -1.32. The first-order valence-corrected chi connectivity index (χ1v) is 9.80. The number of hydrogen-bond acceptors (Lipinski definition) is 2. The van der Waals surface area contributed by atoms with Crippen LogP contribution >= 0.6 is 0 Å². The number of nitrogens with one attached hydrogen (secondary N) is 1. The Kier molecular flexibility index (Phi) is 17.0. The monoisotopic (exact) mass is 339 g/mol. The van der Waals surface area contributed by atoms with Gasteiger partial charge in [-0.3, -0.25) is 9.59 Å². The number of carboxylic acids is 1. The maximum atomic E-state index is 11.3. The summed E-state index contributed by atoms with van der Waals surface area (Å²) in [5.41, 5.74) is 0. The standard InChI is InChI=1S/C20H37NO3/c1-2-16-19(22)21-18-15-13-11-9-7-5-3-4-6-8-10-12-14-17-20(23)24/h7,9H,2-6,8,10-18H2,1H3,(H,21,22)(H,23,24). The molecule has 1 amide bonds. The Labute approximate surface area is 148 Å². The zero-order valence-corrected chi connectivity index (χ0v) is 15.5. The van der Waals surface area contributed by atoms with E-state index in [2.05, 4.69) is 17.5 Å². The van der Waals surface area contributed by atoms with Crippen molar-refractivity contribution in [3.05, 3.63) is 12.2 Å². The second-order valence-electron chi connectivity index (χ2n) is 6.47. The van der Waals surface area contributed by atoms with Crippen molar-refractivity contribution in [1.29, 1.82) is 0 Å². The van der Waals surface area contributed by atoms with Crippen molar-refractivity contribution in [3.63, 3.8) is 0 Å². The molecule has 0 aliphatic rings. The minimum Gasteiger partial charge on any atom is -0.481 e. The topological polar surface area (TPSA) is 66.4 Å². The Morgan fingerprint density at radius 2 is 1.33 bits per heavy atom. The molecular formula is C20H37NO3. The van der Waals surface area contributed by atoms with Crippen molar-refractivity contribution in [2.24, 2.45) is 0 Å². The fraction of sp³-hybridized carbons (Fsp3) is 0.800. The third kappa shape index (κ3) is 18.7. The van der Waals surface area contributed by atoms with Gasteiger partial charge >= 0.3 is 5.97 Å². The van der Waals surface area contributed by atoms with Crippen LogP contribution in [0.2, 0.25) is 0 Å². The minimum atomic E-state index is -0.678. The van der Waals surface area contributed by atoms with E-state index in [1.54, 1.807) is 0 Å². The van der Waals surface area contributed by atoms with Crippen molar-refractivity contribution < 1.29 is 14.7 Å². The Bertz CT molecular complexity index is 340. The van der Waals surface area contributed by atoms with Gasteiger partial charge in [-0.2, -0.15) is 0 Å². The van der Waals surface area contributed by atoms with Gasteiger partial charge in [-0.05, 0) is 44.9 Å². The Morgan fingerprint density at radius 3 is 1.92 bits per heavy atom. The molecule has 0 rings (SSSR count). The van der Waals surface area contributed by atoms with Crippen molar-refractivity contribution in [3.8, 4) is 0 Å². The first kappa shape index (κ1) is 22.7. The number of rotatable bonds is 17. The van der Waals surface area contributed by atoms with E-state index < -0.39 is 5.97 Å². The predicted molar refractivity (Wildman–Crippen MR) is 100 cm³/mol. The molecule has 0 aromatic rings. The maximum Gasteiger partial charge on any atom is 0.303 e. The first-order valence-electron chi connectivity index (χ1n) is 9.80. The van der Waals surface area contributed by atoms with Crippen LogP contribution in [0.25, 0.3) is 0 Å². The van der Waals surface area contributed by atoms with Crippen molar-refractivity contribution in [2.45, 2.75) is 96.8 Å². The fourth-order valence-electron chi connectivity index (χ4n) is 2.59. The van der Waals surface area contributed by atoms with E-state index in [0.717, 1.165) is 57.9 Å². The number of aliphatic carboxylic acids is 1. The summed E-state index contributed by atoms with van der Waals surface area (Å²) in [6, 6.07) is 0. The normalized spacial score (nSPS) is 11.0. The lowest BCUT2D eigenvalue weighted by Crippen LogP contribution is -2.23. The summed E-state index contributed by atoms with van der Waals surface area (Å²) >= 11 is 0. The molecule has 0 saturated carbocycles. The number of hydrogen-bond donors (Lipinski definition) is 2. The van der Waals surface area contributed by atoms with Crippen LogP contribution in [-0.4, -0.2) is 23.5 Å². The number of allylic oxidation sites excluding steroid dienone is 2. The molecule has 24 heavy (non-hydrogen) atoms. The summed E-state index contributed by atoms with van der Waals surface area (Å²) in [7, 11) is 0. The Balaban J connectivity index is 3.16. The van der Waals surface area contributed by atoms with Gasteiger partial charge in [0.2, 0.25) is 5.91 Å². The summed E-state index contributed by atoms with van der Waals surface area (Å²) < 4.78 is 0. The molecule has 0 aromatic carbocycles. The van der Waals surface area contributed by atoms with Crippen LogP contribution in [0.4, 0.5) is 0 Å². The van der Waals surface area contributed by atoms with Gasteiger partial charge in [0.05, 0.1) is 0 Å². The minimum absolute atomic E-state index is 0.176. The summed E-state index contributed by atoms with van der Waals surface area (Å²) in [6.07, 6.45) is 18.9. The average molecular weight is 340 g/mol. The highest BCUT2D eigenvalue weighted by atomic mass is 16.4. The van der Waals surface area contributed by atoms with E-state index in [0.29, 0.717) is 12.8 Å². The van der Waals surface area contributed by atoms with Crippen molar-refractivity contribution >= 4 is 11.9 Å². The van der Waals surface area contributed by atoms with Gasteiger partial charge in [0.1, 0.15) is 0 Å². The van der Waals surface area contributed by atoms with Gasteiger partial charge in [-0.25, -0.2) is 0 Å². The highest BCUT2D eigenvalue weighted by Gasteiger charge is 1.97. The molecule has 0 radical (unpaired) electrons. The zero-order valence-electron chi connectivity index (χ0n) is 15.5. The molecule has 0 aliphatic carbocycles. The van der Waals surface area contributed by atoms with Crippen molar-refractivity contribution in [2.75, 3.05) is 6.54 Å². The number of carbonyl (C=O) groups is 2. The molecule has 0 heterocycles. The SMILES string of the molecule is CCCC(=O)NCCCCC=CCCCCCCCCCC(=O)O. The van der Waals surface area contributed by atoms with Crippen LogP contribution in [0.5, 0.6) is 0 Å². The van der Waals surface area contributed by atoms with Gasteiger partial charge < -0.3 is 10.4 Å². The lowest BCUT2D eigenvalue weighted by atomic mass is 10.1. The summed E-state index contributed by atoms with van der Waals surface area (Å²) in [6.45, 7) is 2.83. The zero-order chi connectivity index (χ0) is 17.9. The number of carbonyl (C=O) groups excluding carboxylic acids is 1. The quantitative estimate of drug-likeness (QED) is 0.282. The second-order valence-corrected chi connectivity index (χ2v) is 6.47. The smallest absolute Gasteiger partial charge is 0.303 e. The van der Waals surface area contributed by atoms with Crippen LogP contribution in [0.3, 0.4) is 0 Å². The van der Waals surface area contributed by atoms with Crippen LogP contribution in [-0.2, 0) is 9.59 Å². The molecule has 140 valence electrons. The van der Waals surface area contributed by atoms with E-state index >= 15 is 0 Å². The molecule has 0 aromatic heterocycles. The lowest BCUT2D eigenvalue weighted by Gasteiger charge is -2.02. The van der Waals surface area contributed by atoms with E-state index in [-0.39, 0.29) is 5.91 Å². The van der Waals surface area contributed by atoms with Crippen LogP contribution in [0.15, 0.2) is 12.2 Å². The summed E-state index contributed by atoms with van der Waals surface area (Å²) in [5, 5.41) is 11.5. The Morgan fingerprint density at radius 1 is 0.792 bits per heavy atom. The fourth-order valence-corrected chi connectivity index (χ4v) is 2.59. The van der Waals surface area contributed by atoms with Gasteiger partial charge in [0.25, 0.3) is 0 Å². The molecule has 0 unspecified atom stereocenters. The van der Waals surface area contributed by atoms with Gasteiger partial charge in [0, 0.05) is 19.4 Å². The van der Waals surface area contributed by atoms with E-state index in [4.69, 9.17) is 5.11 Å². The molecule has 0 saturated heterocycles. The van der Waals surface area contributed by atoms with E-state index in [1.165, 1.54) is 25.7 Å². The number of carboxylic acid groups (broad SMARTS) is 1. The number of amides is 1. The molecule has 0 bridgehead atoms. The number of unbranched alkanes of at least 4 members (excludes halogenated alkanes) is 9. The molecule has 0 aliphatic heterocycles. The highest BCUT2D eigenvalue weighted by Crippen LogP contribution is 2.10. The molecule has 4 nitrogen and oxygen atoms in total.